The van der Waals surface area contributed by atoms with Crippen LogP contribution in [0.15, 0.2) is 12.7 Å². The van der Waals surface area contributed by atoms with Gasteiger partial charge in [-0.1, -0.05) is 6.08 Å². The molecule has 0 saturated heterocycles. The topological polar surface area (TPSA) is 49.8 Å². The Morgan fingerprint density at radius 1 is 2.00 bits per heavy atom. The molecule has 0 aliphatic carbocycles. The van der Waals surface area contributed by atoms with E-state index >= 15 is 0 Å². The molecule has 0 fully saturated rings. The number of nitrogens with zero attached hydrogens (tertiary/aromatic N) is 1. The first-order chi connectivity index (χ1) is 3.83. The average molecular weight is 105 g/mol. The molecular formula is C4H7B2N2. The lowest BCUT2D eigenvalue weighted by molar-refractivity contribution is 1.57. The smallest absolute Gasteiger partial charge is 0.229 e. The molecule has 0 aromatic rings. The van der Waals surface area contributed by atoms with E-state index in [-0.39, 0.29) is 0 Å². The summed E-state index contributed by atoms with van der Waals surface area (Å²) in [5.74, 6) is 1.25. The molecule has 0 saturated carbocycles. The summed E-state index contributed by atoms with van der Waals surface area (Å²) in [6, 6.07) is 0. The molecule has 39 valence electrons. The van der Waals surface area contributed by atoms with Crippen molar-refractivity contribution in [3.63, 3.8) is 0 Å². The highest BCUT2D eigenvalue weighted by molar-refractivity contribution is 6.31. The minimum absolute atomic E-state index is 0.806. The summed E-state index contributed by atoms with van der Waals surface area (Å²) in [5.41, 5.74) is 4.94. The Hall–Kier alpha value is -0.680. The molecule has 0 rings (SSSR count). The molecule has 0 heterocycles. The Morgan fingerprint density at radius 3 is 2.38 bits per heavy atom. The Kier molecular flexibility index (Phi) is 21.0. The Morgan fingerprint density at radius 2 is 2.38 bits per heavy atom. The van der Waals surface area contributed by atoms with E-state index in [1.54, 1.807) is 13.5 Å². The maximum absolute atomic E-state index is 7.10. The largest absolute Gasteiger partial charge is 0.374 e. The highest BCUT2D eigenvalue weighted by Gasteiger charge is 1.67. The average Bonchev–Trinajstić information content (AvgIpc) is 1.71. The second kappa shape index (κ2) is 16.2. The van der Waals surface area contributed by atoms with Gasteiger partial charge in [0.15, 0.2) is 0 Å². The van der Waals surface area contributed by atoms with Crippen LogP contribution in [0.2, 0.25) is 6.32 Å². The van der Waals surface area contributed by atoms with Crippen LogP contribution in [-0.2, 0) is 0 Å². The van der Waals surface area contributed by atoms with Gasteiger partial charge in [-0.2, -0.15) is 0 Å². The minimum atomic E-state index is 0.806. The standard InChI is InChI=1S/C3H7BN.CBN/c1-2-3-4-5;2-1-3/h2H,1,3,5H2;. The minimum Gasteiger partial charge on any atom is -0.374 e. The zero-order valence-electron chi connectivity index (χ0n) is 4.67. The van der Waals surface area contributed by atoms with Crippen molar-refractivity contribution in [2.45, 2.75) is 6.32 Å². The van der Waals surface area contributed by atoms with Crippen LogP contribution in [0.4, 0.5) is 0 Å². The van der Waals surface area contributed by atoms with Crippen molar-refractivity contribution in [3.05, 3.63) is 12.7 Å². The van der Waals surface area contributed by atoms with Gasteiger partial charge >= 0.3 is 0 Å². The quantitative estimate of drug-likeness (QED) is 0.390. The van der Waals surface area contributed by atoms with Crippen molar-refractivity contribution in [3.8, 4) is 5.97 Å². The van der Waals surface area contributed by atoms with Gasteiger partial charge in [-0.25, -0.2) is 5.26 Å². The third-order valence-electron chi connectivity index (χ3n) is 0.303. The second-order valence-electron chi connectivity index (χ2n) is 0.889. The molecule has 0 aromatic heterocycles. The van der Waals surface area contributed by atoms with E-state index in [1.165, 1.54) is 5.97 Å². The van der Waals surface area contributed by atoms with Crippen LogP contribution in [0.3, 0.4) is 0 Å². The van der Waals surface area contributed by atoms with Crippen LogP contribution in [0.5, 0.6) is 0 Å². The predicted octanol–water partition coefficient (Wildman–Crippen LogP) is -0.195. The maximum atomic E-state index is 7.10. The highest BCUT2D eigenvalue weighted by atomic mass is 14.3. The van der Waals surface area contributed by atoms with Gasteiger partial charge < -0.3 is 5.64 Å². The van der Waals surface area contributed by atoms with E-state index in [9.17, 15) is 0 Å². The van der Waals surface area contributed by atoms with Gasteiger partial charge in [0.25, 0.3) is 0 Å². The number of hydrogen-bond acceptors (Lipinski definition) is 2. The number of nitrogens with two attached hydrogens (primary N) is 1. The van der Waals surface area contributed by atoms with E-state index in [0.29, 0.717) is 0 Å². The van der Waals surface area contributed by atoms with Crippen molar-refractivity contribution in [1.82, 2.24) is 0 Å². The van der Waals surface area contributed by atoms with Gasteiger partial charge in [0.05, 0.1) is 0 Å². The van der Waals surface area contributed by atoms with Crippen LogP contribution in [-0.4, -0.2) is 15.3 Å². The molecule has 2 nitrogen and oxygen atoms in total. The highest BCUT2D eigenvalue weighted by Crippen LogP contribution is 1.66. The fraction of sp³-hybridized carbons (Fsp3) is 0.250. The molecule has 8 heavy (non-hydrogen) atoms. The lowest BCUT2D eigenvalue weighted by Gasteiger charge is -1.70. The van der Waals surface area contributed by atoms with Gasteiger partial charge in [-0.3, -0.25) is 0 Å². The first-order valence-electron chi connectivity index (χ1n) is 2.07. The molecule has 0 aromatic carbocycles. The summed E-state index contributed by atoms with van der Waals surface area (Å²) in [4.78, 5) is 0. The number of rotatable bonds is 2. The summed E-state index contributed by atoms with van der Waals surface area (Å²) < 4.78 is 0. The lowest BCUT2D eigenvalue weighted by atomic mass is 9.92. The Labute approximate surface area is 52.0 Å². The second-order valence-corrected chi connectivity index (χ2v) is 0.889. The Bertz CT molecular complexity index is 76.6. The van der Waals surface area contributed by atoms with E-state index < -0.39 is 0 Å². The van der Waals surface area contributed by atoms with E-state index in [2.05, 4.69) is 14.4 Å². The van der Waals surface area contributed by atoms with Crippen LogP contribution in [0.25, 0.3) is 0 Å². The van der Waals surface area contributed by atoms with Crippen molar-refractivity contribution in [1.29, 1.82) is 5.26 Å². The van der Waals surface area contributed by atoms with Gasteiger partial charge in [0.2, 0.25) is 15.3 Å². The van der Waals surface area contributed by atoms with Crippen molar-refractivity contribution >= 4 is 15.3 Å². The van der Waals surface area contributed by atoms with Crippen molar-refractivity contribution < 1.29 is 0 Å². The summed E-state index contributed by atoms with van der Waals surface area (Å²) in [5, 5.41) is 7.10. The maximum Gasteiger partial charge on any atom is 0.229 e. The molecule has 0 bridgehead atoms. The molecule has 3 radical (unpaired) electrons. The monoisotopic (exact) mass is 105 g/mol. The predicted molar refractivity (Wildman–Crippen MR) is 36.3 cm³/mol. The number of allylic oxidation sites excluding steroid dienone is 1. The third-order valence-corrected chi connectivity index (χ3v) is 0.303. The van der Waals surface area contributed by atoms with Crippen molar-refractivity contribution in [2.24, 2.45) is 5.64 Å². The molecule has 0 amide bonds. The number of hydrogen-bond donors (Lipinski definition) is 1. The summed E-state index contributed by atoms with van der Waals surface area (Å²) in [6.45, 7) is 3.44. The van der Waals surface area contributed by atoms with E-state index in [0.717, 1.165) is 6.32 Å². The zero-order chi connectivity index (χ0) is 6.83. The summed E-state index contributed by atoms with van der Waals surface area (Å²) >= 11 is 0. The van der Waals surface area contributed by atoms with Gasteiger partial charge in [-0.15, -0.1) is 6.58 Å². The molecule has 0 aliphatic heterocycles. The Balaban J connectivity index is 0. The fourth-order valence-electron chi connectivity index (χ4n) is 0.0962. The van der Waals surface area contributed by atoms with Crippen LogP contribution >= 0.6 is 0 Å². The molecule has 0 spiro atoms. The normalized spacial score (nSPS) is 5.00. The summed E-state index contributed by atoms with van der Waals surface area (Å²) in [6.07, 6.45) is 2.56. The SMILES string of the molecule is C=CC[B]N.[B]C#N. The van der Waals surface area contributed by atoms with Gasteiger partial charge in [0, 0.05) is 0 Å². The molecule has 0 aliphatic rings. The fourth-order valence-corrected chi connectivity index (χ4v) is 0.0962. The van der Waals surface area contributed by atoms with Crippen LogP contribution < -0.4 is 5.64 Å². The van der Waals surface area contributed by atoms with E-state index in [1.807, 2.05) is 0 Å². The lowest BCUT2D eigenvalue weighted by Crippen LogP contribution is -2.00. The first-order valence-corrected chi connectivity index (χ1v) is 2.07. The molecule has 0 unspecified atom stereocenters. The van der Waals surface area contributed by atoms with Crippen molar-refractivity contribution in [2.75, 3.05) is 0 Å². The van der Waals surface area contributed by atoms with Gasteiger partial charge in [0.1, 0.15) is 0 Å². The molecule has 0 atom stereocenters. The van der Waals surface area contributed by atoms with E-state index in [4.69, 9.17) is 10.9 Å². The van der Waals surface area contributed by atoms with Gasteiger partial charge in [-0.05, 0) is 12.3 Å². The molecule has 4 heteroatoms. The molecule has 2 N–H and O–H groups in total. The zero-order valence-corrected chi connectivity index (χ0v) is 4.67. The summed E-state index contributed by atoms with van der Waals surface area (Å²) in [7, 11) is 5.72. The van der Waals surface area contributed by atoms with Crippen LogP contribution in [0, 0.1) is 11.2 Å². The first kappa shape index (κ1) is 10.3. The molecular weight excluding hydrogens is 97.7 g/mol. The van der Waals surface area contributed by atoms with Crippen LogP contribution in [0.1, 0.15) is 0 Å². The number of nitriles is 1. The third kappa shape index (κ3) is 57.0.